The molecule has 0 radical (unpaired) electrons. The van der Waals surface area contributed by atoms with Gasteiger partial charge in [0.15, 0.2) is 0 Å². The van der Waals surface area contributed by atoms with Crippen LogP contribution < -0.4 is 5.56 Å². The van der Waals surface area contributed by atoms with Gasteiger partial charge in [0.05, 0.1) is 31.2 Å². The fourth-order valence-electron chi connectivity index (χ4n) is 3.50. The van der Waals surface area contributed by atoms with E-state index in [0.29, 0.717) is 39.6 Å². The van der Waals surface area contributed by atoms with Gasteiger partial charge in [0.25, 0.3) is 5.56 Å². The summed E-state index contributed by atoms with van der Waals surface area (Å²) in [5.74, 6) is 2.36. The summed E-state index contributed by atoms with van der Waals surface area (Å²) in [5, 5.41) is 10.8. The SMILES string of the molecule is C#CCOC[C@@H](O)CN(Cc1ccccc1)Cc1nc2sc(C(=O)OCC)c(C)c2c(=O)[nH]1. The highest BCUT2D eigenvalue weighted by atomic mass is 32.1. The number of nitrogens with one attached hydrogen (secondary N) is 1. The molecule has 0 amide bonds. The Morgan fingerprint density at radius 1 is 1.33 bits per heavy atom. The van der Waals surface area contributed by atoms with Gasteiger partial charge in [0.2, 0.25) is 0 Å². The Morgan fingerprint density at radius 2 is 2.09 bits per heavy atom. The van der Waals surface area contributed by atoms with Crippen molar-refractivity contribution in [2.75, 3.05) is 26.4 Å². The molecule has 0 saturated heterocycles. The maximum atomic E-state index is 12.8. The number of hydrogen-bond donors (Lipinski definition) is 2. The van der Waals surface area contributed by atoms with Crippen LogP contribution >= 0.6 is 11.3 Å². The second-order valence-electron chi connectivity index (χ2n) is 7.50. The first-order valence-electron chi connectivity index (χ1n) is 10.6. The number of aromatic nitrogens is 2. The van der Waals surface area contributed by atoms with E-state index >= 15 is 0 Å². The number of aryl methyl sites for hydroxylation is 1. The lowest BCUT2D eigenvalue weighted by Crippen LogP contribution is -2.35. The molecule has 2 N–H and O–H groups in total. The van der Waals surface area contributed by atoms with Gasteiger partial charge in [-0.1, -0.05) is 36.3 Å². The van der Waals surface area contributed by atoms with Crippen molar-refractivity contribution >= 4 is 27.5 Å². The van der Waals surface area contributed by atoms with Crippen LogP contribution in [0.15, 0.2) is 35.1 Å². The fourth-order valence-corrected chi connectivity index (χ4v) is 4.59. The molecule has 0 spiro atoms. The van der Waals surface area contributed by atoms with Crippen molar-refractivity contribution < 1.29 is 19.4 Å². The molecule has 0 fully saturated rings. The molecule has 2 heterocycles. The lowest BCUT2D eigenvalue weighted by Gasteiger charge is -2.24. The summed E-state index contributed by atoms with van der Waals surface area (Å²) in [7, 11) is 0. The molecule has 3 rings (SSSR count). The van der Waals surface area contributed by atoms with Gasteiger partial charge in [-0.2, -0.15) is 0 Å². The van der Waals surface area contributed by atoms with E-state index in [9.17, 15) is 14.7 Å². The van der Waals surface area contributed by atoms with Crippen molar-refractivity contribution in [1.82, 2.24) is 14.9 Å². The minimum absolute atomic E-state index is 0.103. The van der Waals surface area contributed by atoms with Gasteiger partial charge in [-0.3, -0.25) is 9.69 Å². The van der Waals surface area contributed by atoms with Crippen LogP contribution in [0.2, 0.25) is 0 Å². The van der Waals surface area contributed by atoms with Crippen LogP contribution in [-0.4, -0.2) is 58.4 Å². The Morgan fingerprint density at radius 3 is 2.79 bits per heavy atom. The number of hydrogen-bond acceptors (Lipinski definition) is 8. The number of ether oxygens (including phenoxy) is 2. The number of thiophene rings is 1. The van der Waals surface area contributed by atoms with Gasteiger partial charge in [-0.15, -0.1) is 17.8 Å². The average Bonchev–Trinajstić information content (AvgIpc) is 3.11. The second-order valence-corrected chi connectivity index (χ2v) is 8.50. The maximum absolute atomic E-state index is 12.8. The Kier molecular flexibility index (Phi) is 8.74. The summed E-state index contributed by atoms with van der Waals surface area (Å²) in [6, 6.07) is 9.79. The zero-order valence-electron chi connectivity index (χ0n) is 18.7. The van der Waals surface area contributed by atoms with Crippen molar-refractivity contribution in [3.8, 4) is 12.3 Å². The largest absolute Gasteiger partial charge is 0.462 e. The Bertz CT molecular complexity index is 1180. The predicted molar refractivity (Wildman–Crippen MR) is 127 cm³/mol. The van der Waals surface area contributed by atoms with Gasteiger partial charge in [0, 0.05) is 13.1 Å². The molecule has 1 aromatic carbocycles. The quantitative estimate of drug-likeness (QED) is 0.253. The molecule has 0 saturated carbocycles. The van der Waals surface area contributed by atoms with E-state index in [0.717, 1.165) is 16.9 Å². The lowest BCUT2D eigenvalue weighted by atomic mass is 10.2. The van der Waals surface area contributed by atoms with E-state index in [1.807, 2.05) is 35.2 Å². The van der Waals surface area contributed by atoms with Crippen LogP contribution in [-0.2, 0) is 22.6 Å². The van der Waals surface area contributed by atoms with Gasteiger partial charge >= 0.3 is 5.97 Å². The molecule has 0 aliphatic heterocycles. The van der Waals surface area contributed by atoms with Crippen LogP contribution in [0, 0.1) is 19.3 Å². The molecule has 3 aromatic rings. The molecular weight excluding hydrogens is 442 g/mol. The van der Waals surface area contributed by atoms with Gasteiger partial charge < -0.3 is 19.6 Å². The van der Waals surface area contributed by atoms with Crippen molar-refractivity contribution in [3.05, 3.63) is 62.5 Å². The zero-order valence-corrected chi connectivity index (χ0v) is 19.5. The number of aliphatic hydroxyl groups is 1. The maximum Gasteiger partial charge on any atom is 0.348 e. The minimum atomic E-state index is -0.767. The van der Waals surface area contributed by atoms with Crippen LogP contribution in [0.5, 0.6) is 0 Å². The second kappa shape index (κ2) is 11.7. The number of rotatable bonds is 11. The average molecular weight is 470 g/mol. The first-order valence-corrected chi connectivity index (χ1v) is 11.4. The first kappa shape index (κ1) is 24.6. The van der Waals surface area contributed by atoms with Gasteiger partial charge in [0.1, 0.15) is 22.1 Å². The highest BCUT2D eigenvalue weighted by molar-refractivity contribution is 7.20. The third-order valence-electron chi connectivity index (χ3n) is 4.90. The molecule has 174 valence electrons. The third-order valence-corrected chi connectivity index (χ3v) is 6.06. The molecule has 0 unspecified atom stereocenters. The third kappa shape index (κ3) is 6.49. The first-order chi connectivity index (χ1) is 15.9. The molecule has 0 aliphatic carbocycles. The number of H-pyrrole nitrogens is 1. The summed E-state index contributed by atoms with van der Waals surface area (Å²) in [5.41, 5.74) is 1.31. The molecule has 0 bridgehead atoms. The van der Waals surface area contributed by atoms with Crippen LogP contribution in [0.3, 0.4) is 0 Å². The molecule has 0 aliphatic rings. The highest BCUT2D eigenvalue weighted by Crippen LogP contribution is 2.27. The summed E-state index contributed by atoms with van der Waals surface area (Å²) in [4.78, 5) is 35.3. The Balaban J connectivity index is 1.85. The van der Waals surface area contributed by atoms with Crippen molar-refractivity contribution in [2.24, 2.45) is 0 Å². The smallest absolute Gasteiger partial charge is 0.348 e. The van der Waals surface area contributed by atoms with E-state index in [4.69, 9.17) is 15.9 Å². The summed E-state index contributed by atoms with van der Waals surface area (Å²) in [6.45, 7) is 5.05. The minimum Gasteiger partial charge on any atom is -0.462 e. The van der Waals surface area contributed by atoms with Crippen molar-refractivity contribution in [3.63, 3.8) is 0 Å². The number of nitrogens with zero attached hydrogens (tertiary/aromatic N) is 2. The number of benzene rings is 1. The van der Waals surface area contributed by atoms with Crippen LogP contribution in [0.1, 0.15) is 33.5 Å². The topological polar surface area (TPSA) is 105 Å². The fraction of sp³-hybridized carbons (Fsp3) is 0.375. The molecular formula is C24H27N3O5S. The Hall–Kier alpha value is -3.03. The van der Waals surface area contributed by atoms with Gasteiger partial charge in [-0.25, -0.2) is 9.78 Å². The number of fused-ring (bicyclic) bond motifs is 1. The number of aromatic amines is 1. The monoisotopic (exact) mass is 469 g/mol. The summed E-state index contributed by atoms with van der Waals surface area (Å²) < 4.78 is 10.3. The normalized spacial score (nSPS) is 12.1. The molecule has 2 aromatic heterocycles. The van der Waals surface area contributed by atoms with Gasteiger partial charge in [-0.05, 0) is 25.0 Å². The number of carbonyl (C=O) groups excluding carboxylic acids is 1. The van der Waals surface area contributed by atoms with Crippen molar-refractivity contribution in [2.45, 2.75) is 33.0 Å². The summed E-state index contributed by atoms with van der Waals surface area (Å²) in [6.07, 6.45) is 4.42. The molecule has 8 nitrogen and oxygen atoms in total. The predicted octanol–water partition coefficient (Wildman–Crippen LogP) is 2.48. The number of terminal acetylenes is 1. The molecule has 1 atom stereocenters. The van der Waals surface area contributed by atoms with Crippen LogP contribution in [0.25, 0.3) is 10.2 Å². The molecule has 9 heteroatoms. The van der Waals surface area contributed by atoms with E-state index in [2.05, 4.69) is 15.9 Å². The van der Waals surface area contributed by atoms with E-state index in [1.165, 1.54) is 0 Å². The standard InChI is InChI=1S/C24H27N3O5S/c1-4-11-31-15-18(28)13-27(12-17-9-7-6-8-10-17)14-19-25-22(29)20-16(3)21(24(30)32-5-2)33-23(20)26-19/h1,6-10,18,28H,5,11-15H2,2-3H3,(H,25,26,29)/t18-/m0/s1. The van der Waals surface area contributed by atoms with Crippen molar-refractivity contribution in [1.29, 1.82) is 0 Å². The highest BCUT2D eigenvalue weighted by Gasteiger charge is 2.21. The molecule has 33 heavy (non-hydrogen) atoms. The zero-order chi connectivity index (χ0) is 23.8. The van der Waals surface area contributed by atoms with E-state index < -0.39 is 12.1 Å². The van der Waals surface area contributed by atoms with Crippen LogP contribution in [0.4, 0.5) is 0 Å². The Labute approximate surface area is 196 Å². The number of aliphatic hydroxyl groups excluding tert-OH is 1. The lowest BCUT2D eigenvalue weighted by molar-refractivity contribution is 0.0238. The van der Waals surface area contributed by atoms with E-state index in [1.54, 1.807) is 13.8 Å². The van der Waals surface area contributed by atoms with E-state index in [-0.39, 0.29) is 31.9 Å². The summed E-state index contributed by atoms with van der Waals surface area (Å²) >= 11 is 1.15. The number of esters is 1. The number of carbonyl (C=O) groups is 1.